The number of pyridine rings is 1. The van der Waals surface area contributed by atoms with Crippen LogP contribution in [0.4, 0.5) is 0 Å². The molecular weight excluding hydrogens is 204 g/mol. The number of nitrogens with zero attached hydrogens (tertiary/aromatic N) is 1. The molecule has 0 fully saturated rings. The van der Waals surface area contributed by atoms with E-state index in [9.17, 15) is 4.79 Å². The van der Waals surface area contributed by atoms with Crippen molar-refractivity contribution in [3.8, 4) is 0 Å². The molecule has 16 heavy (non-hydrogen) atoms. The second kappa shape index (κ2) is 6.95. The Labute approximate surface area is 96.0 Å². The molecule has 0 aromatic carbocycles. The van der Waals surface area contributed by atoms with Gasteiger partial charge in [-0.25, -0.2) is 0 Å². The molecule has 0 amide bonds. The molecular formula is C12H18N2O2. The summed E-state index contributed by atoms with van der Waals surface area (Å²) in [4.78, 5) is 14.9. The molecule has 1 aromatic heterocycles. The second-order valence-corrected chi connectivity index (χ2v) is 3.64. The predicted molar refractivity (Wildman–Crippen MR) is 61.9 cm³/mol. The highest BCUT2D eigenvalue weighted by Gasteiger charge is 2.04. The second-order valence-electron chi connectivity index (χ2n) is 3.64. The first-order valence-corrected chi connectivity index (χ1v) is 5.44. The number of rotatable bonds is 6. The van der Waals surface area contributed by atoms with Crippen molar-refractivity contribution in [2.45, 2.75) is 25.8 Å². The summed E-state index contributed by atoms with van der Waals surface area (Å²) in [5, 5.41) is 3.33. The van der Waals surface area contributed by atoms with E-state index < -0.39 is 0 Å². The van der Waals surface area contributed by atoms with E-state index in [4.69, 9.17) is 0 Å². The molecule has 1 aromatic rings. The minimum Gasteiger partial charge on any atom is -0.469 e. The quantitative estimate of drug-likeness (QED) is 0.588. The van der Waals surface area contributed by atoms with Gasteiger partial charge in [0.25, 0.3) is 0 Å². The third-order valence-electron chi connectivity index (χ3n) is 2.42. The molecule has 1 N–H and O–H groups in total. The first-order valence-electron chi connectivity index (χ1n) is 5.44. The van der Waals surface area contributed by atoms with Gasteiger partial charge in [-0.05, 0) is 31.5 Å². The van der Waals surface area contributed by atoms with Gasteiger partial charge in [0.15, 0.2) is 0 Å². The average Bonchev–Trinajstić information content (AvgIpc) is 2.35. The molecule has 0 aliphatic heterocycles. The van der Waals surface area contributed by atoms with Crippen molar-refractivity contribution in [2.75, 3.05) is 13.7 Å². The number of nitrogens with one attached hydrogen (secondary N) is 1. The van der Waals surface area contributed by atoms with Crippen LogP contribution in [0.1, 0.15) is 31.4 Å². The molecule has 0 aliphatic carbocycles. The van der Waals surface area contributed by atoms with Crippen LogP contribution in [0.15, 0.2) is 24.5 Å². The number of methoxy groups -OCH3 is 1. The Morgan fingerprint density at radius 3 is 3.06 bits per heavy atom. The molecule has 0 saturated carbocycles. The zero-order chi connectivity index (χ0) is 11.8. The normalized spacial score (nSPS) is 12.1. The smallest absolute Gasteiger partial charge is 0.305 e. The molecule has 0 radical (unpaired) electrons. The Hall–Kier alpha value is -1.42. The van der Waals surface area contributed by atoms with Crippen LogP contribution in [0.2, 0.25) is 0 Å². The van der Waals surface area contributed by atoms with E-state index in [0.29, 0.717) is 6.42 Å². The highest BCUT2D eigenvalue weighted by molar-refractivity contribution is 5.69. The summed E-state index contributed by atoms with van der Waals surface area (Å²) >= 11 is 0. The summed E-state index contributed by atoms with van der Waals surface area (Å²) in [5.74, 6) is -0.157. The van der Waals surface area contributed by atoms with Crippen molar-refractivity contribution in [3.05, 3.63) is 30.1 Å². The van der Waals surface area contributed by atoms with Crippen LogP contribution >= 0.6 is 0 Å². The Bertz CT molecular complexity index is 314. The molecule has 0 aliphatic rings. The minimum atomic E-state index is -0.157. The van der Waals surface area contributed by atoms with Crippen LogP contribution in [0, 0.1) is 0 Å². The van der Waals surface area contributed by atoms with Crippen LogP contribution in [-0.2, 0) is 9.53 Å². The van der Waals surface area contributed by atoms with Crippen LogP contribution in [0.25, 0.3) is 0 Å². The predicted octanol–water partition coefficient (Wildman–Crippen LogP) is 1.69. The van der Waals surface area contributed by atoms with Crippen LogP contribution in [0.3, 0.4) is 0 Å². The van der Waals surface area contributed by atoms with Gasteiger partial charge in [0, 0.05) is 24.9 Å². The van der Waals surface area contributed by atoms with E-state index in [1.807, 2.05) is 18.3 Å². The van der Waals surface area contributed by atoms with Crippen LogP contribution in [-0.4, -0.2) is 24.6 Å². The van der Waals surface area contributed by atoms with Gasteiger partial charge >= 0.3 is 5.97 Å². The van der Waals surface area contributed by atoms with E-state index in [1.54, 1.807) is 6.20 Å². The lowest BCUT2D eigenvalue weighted by molar-refractivity contribution is -0.140. The topological polar surface area (TPSA) is 51.2 Å². The minimum absolute atomic E-state index is 0.157. The fraction of sp³-hybridized carbons (Fsp3) is 0.500. The zero-order valence-electron chi connectivity index (χ0n) is 9.77. The largest absolute Gasteiger partial charge is 0.469 e. The molecule has 0 spiro atoms. The summed E-state index contributed by atoms with van der Waals surface area (Å²) in [5.41, 5.74) is 1.15. The first-order chi connectivity index (χ1) is 7.74. The lowest BCUT2D eigenvalue weighted by Gasteiger charge is -2.13. The molecule has 0 bridgehead atoms. The average molecular weight is 222 g/mol. The molecule has 1 rings (SSSR count). The Kier molecular flexibility index (Phi) is 5.50. The molecule has 0 unspecified atom stereocenters. The van der Waals surface area contributed by atoms with Gasteiger partial charge in [-0.1, -0.05) is 6.07 Å². The Morgan fingerprint density at radius 2 is 2.44 bits per heavy atom. The van der Waals surface area contributed by atoms with Gasteiger partial charge < -0.3 is 10.1 Å². The van der Waals surface area contributed by atoms with E-state index in [0.717, 1.165) is 18.5 Å². The molecule has 0 saturated heterocycles. The molecule has 88 valence electrons. The van der Waals surface area contributed by atoms with E-state index in [-0.39, 0.29) is 12.0 Å². The molecule has 4 heteroatoms. The summed E-state index contributed by atoms with van der Waals surface area (Å²) < 4.78 is 4.57. The van der Waals surface area contributed by atoms with Crippen molar-refractivity contribution in [2.24, 2.45) is 0 Å². The van der Waals surface area contributed by atoms with Crippen molar-refractivity contribution in [1.29, 1.82) is 0 Å². The number of aromatic nitrogens is 1. The maximum Gasteiger partial charge on any atom is 0.305 e. The fourth-order valence-corrected chi connectivity index (χ4v) is 1.40. The van der Waals surface area contributed by atoms with Crippen LogP contribution in [0.5, 0.6) is 0 Å². The van der Waals surface area contributed by atoms with Gasteiger partial charge in [-0.2, -0.15) is 0 Å². The highest BCUT2D eigenvalue weighted by Crippen LogP contribution is 2.09. The molecule has 1 atom stereocenters. The van der Waals surface area contributed by atoms with Gasteiger partial charge in [0.2, 0.25) is 0 Å². The summed E-state index contributed by atoms with van der Waals surface area (Å²) in [6.45, 7) is 2.88. The van der Waals surface area contributed by atoms with Gasteiger partial charge in [-0.3, -0.25) is 9.78 Å². The zero-order valence-corrected chi connectivity index (χ0v) is 9.77. The maximum absolute atomic E-state index is 10.9. The highest BCUT2D eigenvalue weighted by atomic mass is 16.5. The Morgan fingerprint density at radius 1 is 1.62 bits per heavy atom. The number of hydrogen-bond acceptors (Lipinski definition) is 4. The fourth-order valence-electron chi connectivity index (χ4n) is 1.40. The van der Waals surface area contributed by atoms with E-state index in [2.05, 4.69) is 22.0 Å². The summed E-state index contributed by atoms with van der Waals surface area (Å²) in [6.07, 6.45) is 4.85. The summed E-state index contributed by atoms with van der Waals surface area (Å²) in [7, 11) is 1.41. The number of esters is 1. The lowest BCUT2D eigenvalue weighted by atomic mass is 10.1. The van der Waals surface area contributed by atoms with Gasteiger partial charge in [0.1, 0.15) is 0 Å². The van der Waals surface area contributed by atoms with Gasteiger partial charge in [0.05, 0.1) is 7.11 Å². The maximum atomic E-state index is 10.9. The van der Waals surface area contributed by atoms with Crippen molar-refractivity contribution in [3.63, 3.8) is 0 Å². The standard InChI is InChI=1S/C12H18N2O2/c1-10(11-5-3-7-13-9-11)14-8-4-6-12(15)16-2/h3,5,7,9-10,14H,4,6,8H2,1-2H3/t10-/m0/s1. The molecule has 1 heterocycles. The first kappa shape index (κ1) is 12.6. The Balaban J connectivity index is 2.21. The number of ether oxygens (including phenoxy) is 1. The van der Waals surface area contributed by atoms with Crippen molar-refractivity contribution < 1.29 is 9.53 Å². The monoisotopic (exact) mass is 222 g/mol. The summed E-state index contributed by atoms with van der Waals surface area (Å²) in [6, 6.07) is 4.21. The van der Waals surface area contributed by atoms with Gasteiger partial charge in [-0.15, -0.1) is 0 Å². The molecule has 4 nitrogen and oxygen atoms in total. The lowest BCUT2D eigenvalue weighted by Crippen LogP contribution is -2.20. The number of hydrogen-bond donors (Lipinski definition) is 1. The van der Waals surface area contributed by atoms with Crippen molar-refractivity contribution in [1.82, 2.24) is 10.3 Å². The number of carbonyl (C=O) groups excluding carboxylic acids is 1. The SMILES string of the molecule is COC(=O)CCCN[C@@H](C)c1cccnc1. The van der Waals surface area contributed by atoms with Crippen molar-refractivity contribution >= 4 is 5.97 Å². The van der Waals surface area contributed by atoms with Crippen LogP contribution < -0.4 is 5.32 Å². The number of carbonyl (C=O) groups is 1. The van der Waals surface area contributed by atoms with E-state index >= 15 is 0 Å². The third kappa shape index (κ3) is 4.40. The third-order valence-corrected chi connectivity index (χ3v) is 2.42. The van der Waals surface area contributed by atoms with E-state index in [1.165, 1.54) is 7.11 Å².